The number of hydrogen-bond acceptors (Lipinski definition) is 4. The van der Waals surface area contributed by atoms with Crippen molar-refractivity contribution >= 4 is 34.7 Å². The Hall–Kier alpha value is -2.60. The Kier molecular flexibility index (Phi) is 5.22. The number of imide groups is 1. The Morgan fingerprint density at radius 2 is 1.90 bits per heavy atom. The zero-order valence-electron chi connectivity index (χ0n) is 17.6. The van der Waals surface area contributed by atoms with Crippen molar-refractivity contribution in [1.29, 1.82) is 0 Å². The molecule has 2 aliphatic heterocycles. The first-order chi connectivity index (χ1) is 14.2. The van der Waals surface area contributed by atoms with Crippen LogP contribution in [0.5, 0.6) is 0 Å². The van der Waals surface area contributed by atoms with Crippen LogP contribution in [0.1, 0.15) is 49.8 Å². The molecule has 2 aromatic rings. The quantitative estimate of drug-likeness (QED) is 0.585. The highest BCUT2D eigenvalue weighted by Crippen LogP contribution is 2.44. The van der Waals surface area contributed by atoms with E-state index in [0.717, 1.165) is 35.0 Å². The normalized spacial score (nSPS) is 22.0. The van der Waals surface area contributed by atoms with Gasteiger partial charge in [0.15, 0.2) is 0 Å². The van der Waals surface area contributed by atoms with Crippen molar-refractivity contribution < 1.29 is 14.0 Å². The molecule has 2 amide bonds. The van der Waals surface area contributed by atoms with Crippen LogP contribution >= 0.6 is 11.8 Å². The predicted octanol–water partition coefficient (Wildman–Crippen LogP) is 5.78. The van der Waals surface area contributed by atoms with Gasteiger partial charge in [-0.1, -0.05) is 37.3 Å². The van der Waals surface area contributed by atoms with E-state index < -0.39 is 0 Å². The molecule has 0 aromatic heterocycles. The van der Waals surface area contributed by atoms with Crippen LogP contribution in [-0.4, -0.2) is 28.6 Å². The molecule has 0 N–H and O–H groups in total. The number of hydrogen-bond donors (Lipinski definition) is 0. The Balaban J connectivity index is 1.65. The largest absolute Gasteiger partial charge is 0.369 e. The van der Waals surface area contributed by atoms with Crippen LogP contribution in [0.25, 0.3) is 6.08 Å². The summed E-state index contributed by atoms with van der Waals surface area (Å²) in [4.78, 5) is 28.8. The van der Waals surface area contributed by atoms with E-state index in [1.54, 1.807) is 6.07 Å². The molecule has 4 rings (SSSR count). The number of benzene rings is 2. The van der Waals surface area contributed by atoms with Crippen molar-refractivity contribution in [2.45, 2.75) is 45.2 Å². The zero-order valence-corrected chi connectivity index (χ0v) is 18.4. The molecule has 0 saturated carbocycles. The first kappa shape index (κ1) is 20.7. The third-order valence-corrected chi connectivity index (χ3v) is 7.00. The smallest absolute Gasteiger partial charge is 0.293 e. The van der Waals surface area contributed by atoms with E-state index >= 15 is 0 Å². The number of thioether (sulfide) groups is 1. The molecule has 2 aliphatic rings. The molecule has 6 heteroatoms. The minimum atomic E-state index is -0.389. The molecule has 156 valence electrons. The van der Waals surface area contributed by atoms with Crippen molar-refractivity contribution in [3.8, 4) is 0 Å². The lowest BCUT2D eigenvalue weighted by Gasteiger charge is -2.45. The van der Waals surface area contributed by atoms with Gasteiger partial charge in [0.25, 0.3) is 11.1 Å². The molecule has 0 spiro atoms. The highest BCUT2D eigenvalue weighted by molar-refractivity contribution is 8.18. The molecule has 2 aromatic carbocycles. The van der Waals surface area contributed by atoms with Gasteiger partial charge in [-0.05, 0) is 67.3 Å². The van der Waals surface area contributed by atoms with Crippen molar-refractivity contribution in [3.05, 3.63) is 69.9 Å². The maximum Gasteiger partial charge on any atom is 0.293 e. The fourth-order valence-corrected chi connectivity index (χ4v) is 5.09. The summed E-state index contributed by atoms with van der Waals surface area (Å²) in [5, 5.41) is -0.330. The average Bonchev–Trinajstić information content (AvgIpc) is 2.95. The first-order valence-electron chi connectivity index (χ1n) is 10.0. The SMILES string of the molecule is CC1CC(C)(C)N(C)c2cc(F)c(/C=C3/SC(=O)N(Cc4ccccc4)C3=O)cc21. The van der Waals surface area contributed by atoms with Gasteiger partial charge in [-0.2, -0.15) is 0 Å². The van der Waals surface area contributed by atoms with Crippen LogP contribution in [0.3, 0.4) is 0 Å². The van der Waals surface area contributed by atoms with Crippen LogP contribution in [0.2, 0.25) is 0 Å². The number of anilines is 1. The number of carbonyl (C=O) groups is 2. The van der Waals surface area contributed by atoms with Crippen molar-refractivity contribution in [1.82, 2.24) is 4.90 Å². The standard InChI is InChI=1S/C24H25FN2O2S/c1-15-13-24(2,3)26(4)20-12-19(25)17(10-18(15)20)11-21-22(28)27(23(29)30-21)14-16-8-6-5-7-9-16/h5-12,15H,13-14H2,1-4H3/b21-11+. The summed E-state index contributed by atoms with van der Waals surface area (Å²) >= 11 is 0.865. The summed E-state index contributed by atoms with van der Waals surface area (Å²) in [7, 11) is 1.98. The average molecular weight is 425 g/mol. The first-order valence-corrected chi connectivity index (χ1v) is 10.9. The second-order valence-corrected chi connectivity index (χ2v) is 9.66. The third kappa shape index (κ3) is 3.65. The summed E-state index contributed by atoms with van der Waals surface area (Å²) in [5.41, 5.74) is 3.11. The van der Waals surface area contributed by atoms with Gasteiger partial charge in [0, 0.05) is 23.8 Å². The van der Waals surface area contributed by atoms with Gasteiger partial charge in [-0.15, -0.1) is 0 Å². The van der Waals surface area contributed by atoms with Crippen molar-refractivity contribution in [3.63, 3.8) is 0 Å². The predicted molar refractivity (Wildman–Crippen MR) is 120 cm³/mol. The van der Waals surface area contributed by atoms with E-state index in [0.29, 0.717) is 5.56 Å². The molecule has 1 fully saturated rings. The van der Waals surface area contributed by atoms with Gasteiger partial charge in [0.2, 0.25) is 0 Å². The maximum absolute atomic E-state index is 15.0. The molecule has 0 bridgehead atoms. The molecule has 4 nitrogen and oxygen atoms in total. The van der Waals surface area contributed by atoms with Crippen molar-refractivity contribution in [2.75, 3.05) is 11.9 Å². The van der Waals surface area contributed by atoms with Crippen LogP contribution in [0.4, 0.5) is 14.9 Å². The summed E-state index contributed by atoms with van der Waals surface area (Å²) in [5.74, 6) is -0.496. The highest BCUT2D eigenvalue weighted by atomic mass is 32.2. The van der Waals surface area contributed by atoms with Crippen LogP contribution in [0, 0.1) is 5.82 Å². The van der Waals surface area contributed by atoms with Crippen molar-refractivity contribution in [2.24, 2.45) is 0 Å². The van der Waals surface area contributed by atoms with Crippen LogP contribution in [0.15, 0.2) is 47.4 Å². The Morgan fingerprint density at radius 1 is 1.20 bits per heavy atom. The molecule has 1 atom stereocenters. The monoisotopic (exact) mass is 424 g/mol. The van der Waals surface area contributed by atoms with Gasteiger partial charge in [-0.3, -0.25) is 14.5 Å². The Bertz CT molecular complexity index is 1050. The molecule has 30 heavy (non-hydrogen) atoms. The second-order valence-electron chi connectivity index (χ2n) is 8.66. The number of halogens is 1. The van der Waals surface area contributed by atoms with Gasteiger partial charge >= 0.3 is 0 Å². The fraction of sp³-hybridized carbons (Fsp3) is 0.333. The molecule has 0 aliphatic carbocycles. The molecular weight excluding hydrogens is 399 g/mol. The summed E-state index contributed by atoms with van der Waals surface area (Å²) in [6, 6.07) is 12.7. The van der Waals surface area contributed by atoms with Crippen LogP contribution in [-0.2, 0) is 11.3 Å². The number of amides is 2. The number of carbonyl (C=O) groups excluding carboxylic acids is 2. The van der Waals surface area contributed by atoms with E-state index in [1.807, 2.05) is 43.4 Å². The topological polar surface area (TPSA) is 40.6 Å². The number of rotatable bonds is 3. The van der Waals surface area contributed by atoms with Gasteiger partial charge in [0.05, 0.1) is 11.4 Å². The maximum atomic E-state index is 15.0. The summed E-state index contributed by atoms with van der Waals surface area (Å²) in [6.45, 7) is 6.66. The Labute approximate surface area is 180 Å². The number of nitrogens with zero attached hydrogens (tertiary/aromatic N) is 2. The second kappa shape index (κ2) is 7.58. The summed E-state index contributed by atoms with van der Waals surface area (Å²) in [6.07, 6.45) is 2.47. The molecular formula is C24H25FN2O2S. The molecule has 1 unspecified atom stereocenters. The van der Waals surface area contributed by atoms with Gasteiger partial charge in [0.1, 0.15) is 5.82 Å². The van der Waals surface area contributed by atoms with Gasteiger partial charge in [-0.25, -0.2) is 4.39 Å². The summed E-state index contributed by atoms with van der Waals surface area (Å²) < 4.78 is 15.0. The fourth-order valence-electron chi connectivity index (χ4n) is 4.26. The lowest BCUT2D eigenvalue weighted by molar-refractivity contribution is -0.123. The van der Waals surface area contributed by atoms with E-state index in [1.165, 1.54) is 11.0 Å². The lowest BCUT2D eigenvalue weighted by Crippen LogP contribution is -2.45. The third-order valence-electron chi connectivity index (χ3n) is 6.10. The van der Waals surface area contributed by atoms with E-state index in [-0.39, 0.29) is 39.9 Å². The molecule has 0 radical (unpaired) electrons. The molecule has 1 saturated heterocycles. The van der Waals surface area contributed by atoms with E-state index in [4.69, 9.17) is 0 Å². The lowest BCUT2D eigenvalue weighted by atomic mass is 9.80. The molecule has 2 heterocycles. The minimum absolute atomic E-state index is 0.0551. The van der Waals surface area contributed by atoms with Gasteiger partial charge < -0.3 is 4.90 Å². The minimum Gasteiger partial charge on any atom is -0.369 e. The highest BCUT2D eigenvalue weighted by Gasteiger charge is 2.37. The van der Waals surface area contributed by atoms with Crippen LogP contribution < -0.4 is 4.90 Å². The zero-order chi connectivity index (χ0) is 21.6. The number of fused-ring (bicyclic) bond motifs is 1. The Morgan fingerprint density at radius 3 is 2.60 bits per heavy atom. The van der Waals surface area contributed by atoms with E-state index in [9.17, 15) is 14.0 Å². The van der Waals surface area contributed by atoms with E-state index in [2.05, 4.69) is 25.7 Å².